The summed E-state index contributed by atoms with van der Waals surface area (Å²) in [6, 6.07) is 4.52. The lowest BCUT2D eigenvalue weighted by Crippen LogP contribution is -2.53. The molecule has 1 aromatic carbocycles. The molecule has 1 saturated carbocycles. The fraction of sp³-hybridized carbons (Fsp3) is 0.714. The molecule has 2 saturated heterocycles. The molecule has 0 unspecified atom stereocenters. The molecule has 0 N–H and O–H groups in total. The van der Waals surface area contributed by atoms with Crippen LogP contribution in [0.1, 0.15) is 57.9 Å². The molecule has 8 heteroatoms. The normalized spacial score (nSPS) is 27.2. The number of fused-ring (bicyclic) bond motifs is 2. The van der Waals surface area contributed by atoms with E-state index in [0.29, 0.717) is 22.6 Å². The largest absolute Gasteiger partial charge is 0.343 e. The molecule has 0 aromatic heterocycles. The summed E-state index contributed by atoms with van der Waals surface area (Å²) in [6.07, 6.45) is 7.83. The Morgan fingerprint density at radius 3 is 2.19 bits per heavy atom. The second-order valence-corrected chi connectivity index (χ2v) is 12.5. The number of rotatable bonds is 6. The number of amides is 2. The van der Waals surface area contributed by atoms with Gasteiger partial charge in [-0.25, -0.2) is 0 Å². The summed E-state index contributed by atoms with van der Waals surface area (Å²) in [6.45, 7) is 11.2. The summed E-state index contributed by atoms with van der Waals surface area (Å²) in [5.74, 6) is 1.85. The molecule has 36 heavy (non-hydrogen) atoms. The van der Waals surface area contributed by atoms with Crippen molar-refractivity contribution in [1.82, 2.24) is 14.7 Å². The Morgan fingerprint density at radius 1 is 0.944 bits per heavy atom. The van der Waals surface area contributed by atoms with Gasteiger partial charge in [0.2, 0.25) is 12.3 Å². The van der Waals surface area contributed by atoms with Gasteiger partial charge in [0, 0.05) is 51.0 Å². The van der Waals surface area contributed by atoms with Crippen molar-refractivity contribution in [2.45, 2.75) is 63.8 Å². The Balaban J connectivity index is 1.28. The van der Waals surface area contributed by atoms with Crippen LogP contribution < -0.4 is 4.90 Å². The zero-order valence-corrected chi connectivity index (χ0v) is 23.2. The number of piperidine rings is 1. The topological polar surface area (TPSA) is 47.1 Å². The lowest BCUT2D eigenvalue weighted by atomic mass is 9.72. The number of hydrogen-bond donors (Lipinski definition) is 0. The van der Waals surface area contributed by atoms with Crippen LogP contribution in [0.3, 0.4) is 0 Å². The molecule has 198 valence electrons. The van der Waals surface area contributed by atoms with Gasteiger partial charge >= 0.3 is 0 Å². The van der Waals surface area contributed by atoms with Gasteiger partial charge in [-0.2, -0.15) is 0 Å². The minimum Gasteiger partial charge on any atom is -0.343 e. The van der Waals surface area contributed by atoms with Gasteiger partial charge in [0.15, 0.2) is 0 Å². The highest BCUT2D eigenvalue weighted by Gasteiger charge is 2.52. The van der Waals surface area contributed by atoms with Crippen LogP contribution in [-0.4, -0.2) is 85.4 Å². The van der Waals surface area contributed by atoms with Gasteiger partial charge in [0.25, 0.3) is 0 Å². The lowest BCUT2D eigenvalue weighted by molar-refractivity contribution is -0.125. The quantitative estimate of drug-likeness (QED) is 0.498. The van der Waals surface area contributed by atoms with E-state index < -0.39 is 5.41 Å². The lowest BCUT2D eigenvalue weighted by Gasteiger charge is -2.44. The summed E-state index contributed by atoms with van der Waals surface area (Å²) < 4.78 is 0. The van der Waals surface area contributed by atoms with Crippen LogP contribution in [0.4, 0.5) is 5.69 Å². The smallest absolute Gasteiger partial charge is 0.237 e. The molecule has 3 fully saturated rings. The van der Waals surface area contributed by atoms with Gasteiger partial charge in [0.05, 0.1) is 15.5 Å². The molecule has 2 amide bonds. The van der Waals surface area contributed by atoms with E-state index in [1.54, 1.807) is 0 Å². The van der Waals surface area contributed by atoms with Crippen molar-refractivity contribution in [2.75, 3.05) is 57.3 Å². The molecule has 1 aromatic rings. The van der Waals surface area contributed by atoms with Crippen molar-refractivity contribution in [2.24, 2.45) is 11.8 Å². The van der Waals surface area contributed by atoms with Crippen molar-refractivity contribution < 1.29 is 9.59 Å². The van der Waals surface area contributed by atoms with Gasteiger partial charge in [-0.15, -0.1) is 0 Å². The predicted molar refractivity (Wildman–Crippen MR) is 146 cm³/mol. The Bertz CT molecular complexity index is 963. The third kappa shape index (κ3) is 4.91. The van der Waals surface area contributed by atoms with Gasteiger partial charge in [0.1, 0.15) is 0 Å². The van der Waals surface area contributed by atoms with Gasteiger partial charge < -0.3 is 14.7 Å². The van der Waals surface area contributed by atoms with Crippen LogP contribution in [-0.2, 0) is 15.0 Å². The summed E-state index contributed by atoms with van der Waals surface area (Å²) in [5.41, 5.74) is 1.51. The fourth-order valence-corrected chi connectivity index (χ4v) is 7.39. The third-order valence-electron chi connectivity index (χ3n) is 9.55. The minimum atomic E-state index is -0.495. The maximum absolute atomic E-state index is 14.1. The number of benzene rings is 1. The van der Waals surface area contributed by atoms with Crippen molar-refractivity contribution in [3.05, 3.63) is 27.7 Å². The molecule has 4 aliphatic rings. The van der Waals surface area contributed by atoms with E-state index in [-0.39, 0.29) is 5.91 Å². The van der Waals surface area contributed by atoms with Crippen molar-refractivity contribution in [3.63, 3.8) is 0 Å². The summed E-state index contributed by atoms with van der Waals surface area (Å²) >= 11 is 12.9. The number of anilines is 1. The van der Waals surface area contributed by atoms with Crippen LogP contribution in [0.25, 0.3) is 0 Å². The van der Waals surface area contributed by atoms with Crippen LogP contribution >= 0.6 is 23.2 Å². The molecular weight excluding hydrogens is 495 g/mol. The van der Waals surface area contributed by atoms with Gasteiger partial charge in [-0.3, -0.25) is 14.5 Å². The number of carbonyl (C=O) groups is 2. The molecule has 5 rings (SSSR count). The van der Waals surface area contributed by atoms with Crippen LogP contribution in [0.5, 0.6) is 0 Å². The first kappa shape index (κ1) is 26.3. The first-order chi connectivity index (χ1) is 17.3. The van der Waals surface area contributed by atoms with Crippen LogP contribution in [0.2, 0.25) is 10.0 Å². The van der Waals surface area contributed by atoms with Gasteiger partial charge in [-0.1, -0.05) is 37.0 Å². The SMILES string of the molecule is CC(C)[C@H]1CC[C@@H](N2CCC3(CC2)C(=O)N(CCN2CCN(C=O)CC2)c2cc(Cl)c(Cl)cc23)CC1. The molecule has 0 radical (unpaired) electrons. The predicted octanol–water partition coefficient (Wildman–Crippen LogP) is 4.66. The van der Waals surface area contributed by atoms with E-state index in [9.17, 15) is 9.59 Å². The highest BCUT2D eigenvalue weighted by Crippen LogP contribution is 2.50. The zero-order valence-electron chi connectivity index (χ0n) is 21.7. The first-order valence-electron chi connectivity index (χ1n) is 13.8. The van der Waals surface area contributed by atoms with Crippen molar-refractivity contribution in [3.8, 4) is 0 Å². The molecule has 1 aliphatic carbocycles. The van der Waals surface area contributed by atoms with E-state index in [1.165, 1.54) is 25.7 Å². The summed E-state index contributed by atoms with van der Waals surface area (Å²) in [5, 5.41) is 1.04. The van der Waals surface area contributed by atoms with E-state index in [1.807, 2.05) is 21.9 Å². The Kier molecular flexibility index (Phi) is 7.88. The average Bonchev–Trinajstić information content (AvgIpc) is 3.10. The average molecular weight is 536 g/mol. The molecular formula is C28H40Cl2N4O2. The molecule has 1 spiro atoms. The minimum absolute atomic E-state index is 0.213. The van der Waals surface area contributed by atoms with E-state index >= 15 is 0 Å². The second-order valence-electron chi connectivity index (χ2n) is 11.7. The van der Waals surface area contributed by atoms with Gasteiger partial charge in [-0.05, 0) is 81.1 Å². The first-order valence-corrected chi connectivity index (χ1v) is 14.5. The Labute approximate surface area is 225 Å². The zero-order chi connectivity index (χ0) is 25.4. The molecule has 0 bridgehead atoms. The van der Waals surface area contributed by atoms with Crippen LogP contribution in [0.15, 0.2) is 12.1 Å². The molecule has 0 atom stereocenters. The fourth-order valence-electron chi connectivity index (χ4n) is 7.07. The highest BCUT2D eigenvalue weighted by atomic mass is 35.5. The maximum atomic E-state index is 14.1. The van der Waals surface area contributed by atoms with Crippen molar-refractivity contribution >= 4 is 41.2 Å². The van der Waals surface area contributed by atoms with Crippen LogP contribution in [0, 0.1) is 11.8 Å². The highest BCUT2D eigenvalue weighted by molar-refractivity contribution is 6.42. The number of carbonyl (C=O) groups excluding carboxylic acids is 2. The van der Waals surface area contributed by atoms with E-state index in [0.717, 1.165) is 88.2 Å². The molecule has 3 aliphatic heterocycles. The standard InChI is InChI=1S/C28H40Cl2N4O2/c1-20(2)21-3-5-22(6-4-21)33-9-7-28(8-10-33)23-17-24(29)25(30)18-26(23)34(27(28)36)16-15-31-11-13-32(19-35)14-12-31/h17-22H,3-16H2,1-2H3/t21-,22+. The molecule has 6 nitrogen and oxygen atoms in total. The van der Waals surface area contributed by atoms with Crippen molar-refractivity contribution in [1.29, 1.82) is 0 Å². The van der Waals surface area contributed by atoms with E-state index in [4.69, 9.17) is 23.2 Å². The summed E-state index contributed by atoms with van der Waals surface area (Å²) in [4.78, 5) is 33.9. The second kappa shape index (κ2) is 10.8. The number of piperazine rings is 1. The van der Waals surface area contributed by atoms with E-state index in [2.05, 4.69) is 23.6 Å². The number of nitrogens with zero attached hydrogens (tertiary/aromatic N) is 4. The molecule has 3 heterocycles. The summed E-state index contributed by atoms with van der Waals surface area (Å²) in [7, 11) is 0. The number of halogens is 2. The third-order valence-corrected chi connectivity index (χ3v) is 10.3. The number of likely N-dealkylation sites (tertiary alicyclic amines) is 1. The number of hydrogen-bond acceptors (Lipinski definition) is 4. The Hall–Kier alpha value is -1.34. The Morgan fingerprint density at radius 2 is 1.58 bits per heavy atom. The maximum Gasteiger partial charge on any atom is 0.237 e. The monoisotopic (exact) mass is 534 g/mol.